The van der Waals surface area contributed by atoms with E-state index in [0.29, 0.717) is 6.54 Å². The van der Waals surface area contributed by atoms with E-state index in [1.165, 1.54) is 0 Å². The van der Waals surface area contributed by atoms with E-state index in [4.69, 9.17) is 5.73 Å². The molecule has 1 aromatic rings. The first-order valence-corrected chi connectivity index (χ1v) is 5.92. The van der Waals surface area contributed by atoms with Crippen LogP contribution in [0.25, 0.3) is 0 Å². The highest BCUT2D eigenvalue weighted by atomic mass is 16.3. The Morgan fingerprint density at radius 2 is 1.76 bits per heavy atom. The summed E-state index contributed by atoms with van der Waals surface area (Å²) in [4.78, 5) is 0. The highest BCUT2D eigenvalue weighted by Gasteiger charge is 2.23. The van der Waals surface area contributed by atoms with Crippen LogP contribution in [0.1, 0.15) is 25.5 Å². The standard InChI is InChI=1S/C13H22N2O2/c1-9(16)8-15-13(12(14)10(2)17)11-6-4-3-5-7-11/h3-7,9-10,12-13,15-17H,8,14H2,1-2H3. The van der Waals surface area contributed by atoms with Gasteiger partial charge in [0, 0.05) is 18.6 Å². The molecule has 4 nitrogen and oxygen atoms in total. The molecule has 4 heteroatoms. The van der Waals surface area contributed by atoms with Crippen molar-refractivity contribution >= 4 is 0 Å². The van der Waals surface area contributed by atoms with Gasteiger partial charge in [0.05, 0.1) is 12.2 Å². The lowest BCUT2D eigenvalue weighted by molar-refractivity contribution is 0.132. The molecule has 0 aromatic heterocycles. The van der Waals surface area contributed by atoms with E-state index >= 15 is 0 Å². The van der Waals surface area contributed by atoms with E-state index in [2.05, 4.69) is 5.32 Å². The van der Waals surface area contributed by atoms with Crippen LogP contribution in [0.15, 0.2) is 30.3 Å². The predicted molar refractivity (Wildman–Crippen MR) is 68.5 cm³/mol. The Kier molecular flexibility index (Phi) is 5.58. The molecule has 4 unspecified atom stereocenters. The highest BCUT2D eigenvalue weighted by Crippen LogP contribution is 2.17. The number of hydrogen-bond acceptors (Lipinski definition) is 4. The van der Waals surface area contributed by atoms with E-state index in [9.17, 15) is 10.2 Å². The third-order valence-corrected chi connectivity index (χ3v) is 2.73. The lowest BCUT2D eigenvalue weighted by Gasteiger charge is -2.28. The molecule has 0 spiro atoms. The topological polar surface area (TPSA) is 78.5 Å². The van der Waals surface area contributed by atoms with E-state index in [0.717, 1.165) is 5.56 Å². The average molecular weight is 238 g/mol. The van der Waals surface area contributed by atoms with Gasteiger partial charge in [-0.25, -0.2) is 0 Å². The largest absolute Gasteiger partial charge is 0.392 e. The number of nitrogens with one attached hydrogen (secondary N) is 1. The normalized spacial score (nSPS) is 18.4. The lowest BCUT2D eigenvalue weighted by Crippen LogP contribution is -2.46. The van der Waals surface area contributed by atoms with Crippen LogP contribution in [0.3, 0.4) is 0 Å². The number of benzene rings is 1. The van der Waals surface area contributed by atoms with Gasteiger partial charge >= 0.3 is 0 Å². The molecular formula is C13H22N2O2. The zero-order valence-corrected chi connectivity index (χ0v) is 10.4. The summed E-state index contributed by atoms with van der Waals surface area (Å²) >= 11 is 0. The third-order valence-electron chi connectivity index (χ3n) is 2.73. The Morgan fingerprint density at radius 1 is 1.18 bits per heavy atom. The van der Waals surface area contributed by atoms with Crippen LogP contribution in [0.2, 0.25) is 0 Å². The second-order valence-corrected chi connectivity index (χ2v) is 4.46. The molecule has 5 N–H and O–H groups in total. The van der Waals surface area contributed by atoms with E-state index < -0.39 is 18.2 Å². The molecule has 0 aliphatic carbocycles. The van der Waals surface area contributed by atoms with Crippen molar-refractivity contribution in [3.8, 4) is 0 Å². The number of aliphatic hydroxyl groups excluding tert-OH is 2. The monoisotopic (exact) mass is 238 g/mol. The molecule has 0 radical (unpaired) electrons. The Morgan fingerprint density at radius 3 is 2.24 bits per heavy atom. The van der Waals surface area contributed by atoms with Gasteiger partial charge < -0.3 is 21.3 Å². The van der Waals surface area contributed by atoms with Crippen LogP contribution >= 0.6 is 0 Å². The summed E-state index contributed by atoms with van der Waals surface area (Å²) in [5.74, 6) is 0. The summed E-state index contributed by atoms with van der Waals surface area (Å²) in [6.45, 7) is 3.83. The second-order valence-electron chi connectivity index (χ2n) is 4.46. The van der Waals surface area contributed by atoms with Crippen molar-refractivity contribution in [2.24, 2.45) is 5.73 Å². The van der Waals surface area contributed by atoms with Crippen LogP contribution in [0.5, 0.6) is 0 Å². The van der Waals surface area contributed by atoms with E-state index in [-0.39, 0.29) is 6.04 Å². The summed E-state index contributed by atoms with van der Waals surface area (Å²) in [5.41, 5.74) is 7.00. The summed E-state index contributed by atoms with van der Waals surface area (Å²) in [6.07, 6.45) is -1.05. The first kappa shape index (κ1) is 14.1. The van der Waals surface area contributed by atoms with Crippen LogP contribution in [0.4, 0.5) is 0 Å². The van der Waals surface area contributed by atoms with Crippen LogP contribution in [-0.2, 0) is 0 Å². The van der Waals surface area contributed by atoms with Crippen molar-refractivity contribution in [3.05, 3.63) is 35.9 Å². The van der Waals surface area contributed by atoms with E-state index in [1.54, 1.807) is 13.8 Å². The lowest BCUT2D eigenvalue weighted by atomic mass is 9.96. The molecule has 1 aromatic carbocycles. The smallest absolute Gasteiger partial charge is 0.0681 e. The van der Waals surface area contributed by atoms with Crippen LogP contribution in [-0.4, -0.2) is 35.0 Å². The van der Waals surface area contributed by atoms with Gasteiger partial charge in [0.25, 0.3) is 0 Å². The first-order chi connectivity index (χ1) is 8.02. The molecule has 0 heterocycles. The SMILES string of the molecule is CC(O)CNC(c1ccccc1)C(N)C(C)O. The fourth-order valence-corrected chi connectivity index (χ4v) is 1.71. The average Bonchev–Trinajstić information content (AvgIpc) is 2.30. The Bertz CT molecular complexity index is 314. The minimum absolute atomic E-state index is 0.161. The van der Waals surface area contributed by atoms with Crippen molar-refractivity contribution in [1.82, 2.24) is 5.32 Å². The molecule has 0 saturated carbocycles. The number of rotatable bonds is 6. The summed E-state index contributed by atoms with van der Waals surface area (Å²) < 4.78 is 0. The first-order valence-electron chi connectivity index (χ1n) is 5.92. The molecule has 4 atom stereocenters. The van der Waals surface area contributed by atoms with Gasteiger partial charge in [-0.15, -0.1) is 0 Å². The van der Waals surface area contributed by atoms with Gasteiger partial charge in [0.1, 0.15) is 0 Å². The fourth-order valence-electron chi connectivity index (χ4n) is 1.71. The summed E-state index contributed by atoms with van der Waals surface area (Å²) in [6, 6.07) is 9.15. The number of aliphatic hydroxyl groups is 2. The molecule has 0 bridgehead atoms. The predicted octanol–water partition coefficient (Wildman–Crippen LogP) is 0.406. The van der Waals surface area contributed by atoms with Gasteiger partial charge in [-0.3, -0.25) is 0 Å². The van der Waals surface area contributed by atoms with Crippen molar-refractivity contribution in [3.63, 3.8) is 0 Å². The van der Waals surface area contributed by atoms with Crippen molar-refractivity contribution < 1.29 is 10.2 Å². The summed E-state index contributed by atoms with van der Waals surface area (Å²) in [7, 11) is 0. The van der Waals surface area contributed by atoms with Crippen molar-refractivity contribution in [2.45, 2.75) is 38.1 Å². The Balaban J connectivity index is 2.79. The van der Waals surface area contributed by atoms with Gasteiger partial charge in [-0.2, -0.15) is 0 Å². The minimum atomic E-state index is -0.610. The van der Waals surface area contributed by atoms with Crippen LogP contribution < -0.4 is 11.1 Å². The molecule has 0 aliphatic heterocycles. The molecule has 96 valence electrons. The Hall–Kier alpha value is -0.940. The van der Waals surface area contributed by atoms with Gasteiger partial charge in [-0.1, -0.05) is 30.3 Å². The molecule has 1 rings (SSSR count). The molecule has 0 aliphatic rings. The maximum absolute atomic E-state index is 9.59. The maximum atomic E-state index is 9.59. The van der Waals surface area contributed by atoms with Gasteiger partial charge in [-0.05, 0) is 19.4 Å². The minimum Gasteiger partial charge on any atom is -0.392 e. The van der Waals surface area contributed by atoms with Crippen molar-refractivity contribution in [2.75, 3.05) is 6.54 Å². The molecular weight excluding hydrogens is 216 g/mol. The zero-order valence-electron chi connectivity index (χ0n) is 10.4. The summed E-state index contributed by atoms with van der Waals surface area (Å²) in [5, 5.41) is 22.1. The second kappa shape index (κ2) is 6.71. The molecule has 0 amide bonds. The molecule has 0 saturated heterocycles. The third kappa shape index (κ3) is 4.44. The van der Waals surface area contributed by atoms with Gasteiger partial charge in [0.15, 0.2) is 0 Å². The number of hydrogen-bond donors (Lipinski definition) is 4. The Labute approximate surface area is 102 Å². The molecule has 0 fully saturated rings. The van der Waals surface area contributed by atoms with Crippen LogP contribution in [0, 0.1) is 0 Å². The maximum Gasteiger partial charge on any atom is 0.0681 e. The highest BCUT2D eigenvalue weighted by molar-refractivity contribution is 5.21. The fraction of sp³-hybridized carbons (Fsp3) is 0.538. The zero-order chi connectivity index (χ0) is 12.8. The van der Waals surface area contributed by atoms with E-state index in [1.807, 2.05) is 30.3 Å². The van der Waals surface area contributed by atoms with Gasteiger partial charge in [0.2, 0.25) is 0 Å². The molecule has 17 heavy (non-hydrogen) atoms. The van der Waals surface area contributed by atoms with Crippen molar-refractivity contribution in [1.29, 1.82) is 0 Å². The number of nitrogens with two attached hydrogens (primary N) is 1. The quantitative estimate of drug-likeness (QED) is 0.579.